The summed E-state index contributed by atoms with van der Waals surface area (Å²) in [7, 11) is 0. The molecule has 28 heavy (non-hydrogen) atoms. The Balaban J connectivity index is 1.44. The molecule has 1 aliphatic rings. The lowest BCUT2D eigenvalue weighted by Gasteiger charge is -2.34. The Bertz CT molecular complexity index is 812. The summed E-state index contributed by atoms with van der Waals surface area (Å²) < 4.78 is 0. The van der Waals surface area contributed by atoms with Crippen molar-refractivity contribution in [3.63, 3.8) is 0 Å². The second-order valence-electron chi connectivity index (χ2n) is 7.11. The Morgan fingerprint density at radius 3 is 2.25 bits per heavy atom. The Morgan fingerprint density at radius 2 is 1.61 bits per heavy atom. The number of piperazine rings is 1. The van der Waals surface area contributed by atoms with Crippen molar-refractivity contribution < 1.29 is 14.7 Å². The second kappa shape index (κ2) is 9.48. The molecule has 6 heteroatoms. The van der Waals surface area contributed by atoms with Gasteiger partial charge in [0, 0.05) is 38.4 Å². The average Bonchev–Trinajstić information content (AvgIpc) is 2.70. The van der Waals surface area contributed by atoms with Crippen molar-refractivity contribution in [3.8, 4) is 0 Å². The van der Waals surface area contributed by atoms with Crippen LogP contribution in [0.3, 0.4) is 0 Å². The highest BCUT2D eigenvalue weighted by Crippen LogP contribution is 2.16. The number of aromatic carboxylic acids is 1. The van der Waals surface area contributed by atoms with E-state index in [1.165, 1.54) is 0 Å². The van der Waals surface area contributed by atoms with Crippen LogP contribution in [0.1, 0.15) is 28.4 Å². The molecule has 2 N–H and O–H groups in total. The minimum Gasteiger partial charge on any atom is -0.478 e. The Kier molecular flexibility index (Phi) is 6.79. The third-order valence-electron chi connectivity index (χ3n) is 5.11. The van der Waals surface area contributed by atoms with Gasteiger partial charge < -0.3 is 10.4 Å². The molecule has 6 nitrogen and oxygen atoms in total. The number of anilines is 1. The van der Waals surface area contributed by atoms with Gasteiger partial charge in [-0.25, -0.2) is 4.79 Å². The van der Waals surface area contributed by atoms with Crippen LogP contribution < -0.4 is 5.32 Å². The summed E-state index contributed by atoms with van der Waals surface area (Å²) in [4.78, 5) is 27.8. The van der Waals surface area contributed by atoms with Crippen molar-refractivity contribution in [1.82, 2.24) is 9.80 Å². The zero-order valence-electron chi connectivity index (χ0n) is 16.2. The van der Waals surface area contributed by atoms with Crippen LogP contribution in [0.2, 0.25) is 0 Å². The molecule has 0 bridgehead atoms. The molecular weight excluding hydrogens is 354 g/mol. The van der Waals surface area contributed by atoms with Gasteiger partial charge in [-0.2, -0.15) is 0 Å². The summed E-state index contributed by atoms with van der Waals surface area (Å²) in [6.07, 6.45) is 0.891. The molecule has 2 aromatic rings. The first-order valence-electron chi connectivity index (χ1n) is 9.70. The molecule has 0 aromatic heterocycles. The first-order valence-corrected chi connectivity index (χ1v) is 9.70. The van der Waals surface area contributed by atoms with Crippen molar-refractivity contribution in [2.45, 2.75) is 19.9 Å². The van der Waals surface area contributed by atoms with Crippen molar-refractivity contribution in [1.29, 1.82) is 0 Å². The SMILES string of the molecule is CCc1ccccc1NC(=O)CN1CCN(Cc2ccc(C(=O)O)cc2)CC1. The predicted molar refractivity (Wildman–Crippen MR) is 110 cm³/mol. The van der Waals surface area contributed by atoms with E-state index in [-0.39, 0.29) is 5.91 Å². The van der Waals surface area contributed by atoms with Crippen molar-refractivity contribution >= 4 is 17.6 Å². The monoisotopic (exact) mass is 381 g/mol. The lowest BCUT2D eigenvalue weighted by atomic mass is 10.1. The molecule has 0 radical (unpaired) electrons. The van der Waals surface area contributed by atoms with E-state index < -0.39 is 5.97 Å². The molecule has 1 aliphatic heterocycles. The summed E-state index contributed by atoms with van der Waals surface area (Å²) >= 11 is 0. The van der Waals surface area contributed by atoms with Gasteiger partial charge in [0.05, 0.1) is 12.1 Å². The number of nitrogens with zero attached hydrogens (tertiary/aromatic N) is 2. The van der Waals surface area contributed by atoms with Gasteiger partial charge in [0.1, 0.15) is 0 Å². The number of carboxylic acid groups (broad SMARTS) is 1. The number of nitrogens with one attached hydrogen (secondary N) is 1. The predicted octanol–water partition coefficient (Wildman–Crippen LogP) is 2.70. The molecule has 0 saturated carbocycles. The fourth-order valence-electron chi connectivity index (χ4n) is 3.46. The molecule has 3 rings (SSSR count). The molecule has 0 unspecified atom stereocenters. The lowest BCUT2D eigenvalue weighted by molar-refractivity contribution is -0.117. The molecule has 1 heterocycles. The Labute approximate surface area is 165 Å². The molecule has 1 amide bonds. The summed E-state index contributed by atoms with van der Waals surface area (Å²) in [6.45, 7) is 6.74. The minimum atomic E-state index is -0.903. The van der Waals surface area contributed by atoms with Crippen molar-refractivity contribution in [2.24, 2.45) is 0 Å². The molecule has 0 atom stereocenters. The fraction of sp³-hybridized carbons (Fsp3) is 0.364. The second-order valence-corrected chi connectivity index (χ2v) is 7.11. The van der Waals surface area contributed by atoms with E-state index in [0.29, 0.717) is 12.1 Å². The standard InChI is InChI=1S/C22H27N3O3/c1-2-18-5-3-4-6-20(18)23-21(26)16-25-13-11-24(12-14-25)15-17-7-9-19(10-8-17)22(27)28/h3-10H,2,11-16H2,1H3,(H,23,26)(H,27,28). The third-order valence-corrected chi connectivity index (χ3v) is 5.11. The van der Waals surface area contributed by atoms with Gasteiger partial charge in [-0.05, 0) is 35.7 Å². The number of hydrogen-bond donors (Lipinski definition) is 2. The zero-order valence-corrected chi connectivity index (χ0v) is 16.2. The first-order chi connectivity index (χ1) is 13.5. The molecule has 0 aliphatic carbocycles. The van der Waals surface area contributed by atoms with Crippen LogP contribution in [0.25, 0.3) is 0 Å². The van der Waals surface area contributed by atoms with Crippen LogP contribution in [-0.4, -0.2) is 59.5 Å². The highest BCUT2D eigenvalue weighted by Gasteiger charge is 2.19. The van der Waals surface area contributed by atoms with E-state index >= 15 is 0 Å². The van der Waals surface area contributed by atoms with Gasteiger partial charge >= 0.3 is 5.97 Å². The van der Waals surface area contributed by atoms with Crippen molar-refractivity contribution in [3.05, 3.63) is 65.2 Å². The van der Waals surface area contributed by atoms with Crippen LogP contribution in [0.15, 0.2) is 48.5 Å². The summed E-state index contributed by atoms with van der Waals surface area (Å²) in [5.74, 6) is -0.876. The van der Waals surface area contributed by atoms with Crippen LogP contribution in [0.4, 0.5) is 5.69 Å². The molecule has 1 fully saturated rings. The minimum absolute atomic E-state index is 0.0265. The van der Waals surface area contributed by atoms with Crippen molar-refractivity contribution in [2.75, 3.05) is 38.0 Å². The quantitative estimate of drug-likeness (QED) is 0.772. The molecular formula is C22H27N3O3. The highest BCUT2D eigenvalue weighted by molar-refractivity contribution is 5.93. The normalized spacial score (nSPS) is 15.3. The number of amides is 1. The number of carbonyl (C=O) groups is 2. The smallest absolute Gasteiger partial charge is 0.335 e. The van der Waals surface area contributed by atoms with Crippen LogP contribution in [0, 0.1) is 0 Å². The Morgan fingerprint density at radius 1 is 0.964 bits per heavy atom. The number of rotatable bonds is 7. The van der Waals surface area contributed by atoms with Gasteiger partial charge in [-0.1, -0.05) is 37.3 Å². The van der Waals surface area contributed by atoms with Gasteiger partial charge in [-0.15, -0.1) is 0 Å². The highest BCUT2D eigenvalue weighted by atomic mass is 16.4. The number of para-hydroxylation sites is 1. The summed E-state index contributed by atoms with van der Waals surface area (Å²) in [6, 6.07) is 14.9. The largest absolute Gasteiger partial charge is 0.478 e. The molecule has 2 aromatic carbocycles. The van der Waals surface area contributed by atoms with Crippen LogP contribution in [0.5, 0.6) is 0 Å². The van der Waals surface area contributed by atoms with E-state index in [0.717, 1.165) is 56.0 Å². The number of carboxylic acids is 1. The van der Waals surface area contributed by atoms with Gasteiger partial charge in [0.2, 0.25) is 5.91 Å². The fourth-order valence-corrected chi connectivity index (χ4v) is 3.46. The first kappa shape index (κ1) is 20.0. The summed E-state index contributed by atoms with van der Waals surface area (Å²) in [5, 5.41) is 12.0. The number of benzene rings is 2. The van der Waals surface area contributed by atoms with Gasteiger partial charge in [0.15, 0.2) is 0 Å². The number of hydrogen-bond acceptors (Lipinski definition) is 4. The maximum atomic E-state index is 12.4. The third kappa shape index (κ3) is 5.41. The average molecular weight is 381 g/mol. The van der Waals surface area contributed by atoms with Crippen LogP contribution in [-0.2, 0) is 17.8 Å². The summed E-state index contributed by atoms with van der Waals surface area (Å²) in [5.41, 5.74) is 3.46. The Hall–Kier alpha value is -2.70. The maximum Gasteiger partial charge on any atom is 0.335 e. The topological polar surface area (TPSA) is 72.9 Å². The maximum absolute atomic E-state index is 12.4. The number of aryl methyl sites for hydroxylation is 1. The van der Waals surface area contributed by atoms with E-state index in [1.807, 2.05) is 36.4 Å². The molecule has 0 spiro atoms. The zero-order chi connectivity index (χ0) is 19.9. The van der Waals surface area contributed by atoms with Gasteiger partial charge in [-0.3, -0.25) is 14.6 Å². The van der Waals surface area contributed by atoms with E-state index in [2.05, 4.69) is 22.0 Å². The van der Waals surface area contributed by atoms with Crippen LogP contribution >= 0.6 is 0 Å². The van der Waals surface area contributed by atoms with Gasteiger partial charge in [0.25, 0.3) is 0 Å². The number of carbonyl (C=O) groups excluding carboxylic acids is 1. The lowest BCUT2D eigenvalue weighted by Crippen LogP contribution is -2.48. The van der Waals surface area contributed by atoms with E-state index in [9.17, 15) is 9.59 Å². The molecule has 148 valence electrons. The molecule has 1 saturated heterocycles. The van der Waals surface area contributed by atoms with E-state index in [4.69, 9.17) is 5.11 Å². The van der Waals surface area contributed by atoms with E-state index in [1.54, 1.807) is 12.1 Å².